The second kappa shape index (κ2) is 6.42. The Morgan fingerprint density at radius 3 is 2.81 bits per heavy atom. The van der Waals surface area contributed by atoms with E-state index in [0.29, 0.717) is 37.5 Å². The van der Waals surface area contributed by atoms with Gasteiger partial charge in [-0.1, -0.05) is 18.2 Å². The van der Waals surface area contributed by atoms with Crippen LogP contribution in [-0.4, -0.2) is 47.3 Å². The minimum absolute atomic E-state index is 0.0912. The number of piperidine rings is 2. The van der Waals surface area contributed by atoms with Crippen LogP contribution >= 0.6 is 0 Å². The number of nitrogens with one attached hydrogen (secondary N) is 3. The lowest BCUT2D eigenvalue weighted by Crippen LogP contribution is -2.52. The van der Waals surface area contributed by atoms with Crippen LogP contribution in [0.5, 0.6) is 0 Å². The molecule has 142 valence electrons. The number of benzene rings is 1. The van der Waals surface area contributed by atoms with Gasteiger partial charge in [-0.3, -0.25) is 19.7 Å². The maximum Gasteiger partial charge on any atom is 0.255 e. The van der Waals surface area contributed by atoms with Gasteiger partial charge in [0.05, 0.1) is 0 Å². The fraction of sp³-hybridized carbons (Fsp3) is 0.550. The molecule has 0 spiro atoms. The van der Waals surface area contributed by atoms with Crippen molar-refractivity contribution < 1.29 is 14.4 Å². The minimum atomic E-state index is -0.556. The second-order valence-electron chi connectivity index (χ2n) is 8.18. The van der Waals surface area contributed by atoms with Gasteiger partial charge in [-0.15, -0.1) is 0 Å². The summed E-state index contributed by atoms with van der Waals surface area (Å²) >= 11 is 0. The SMILES string of the molecule is O=C1CCC(N2Cc3cccc(CNC4CC5CC4CN5)c3C2=O)C(=O)N1. The van der Waals surface area contributed by atoms with Crippen molar-refractivity contribution in [3.63, 3.8) is 0 Å². The number of hydrogen-bond donors (Lipinski definition) is 3. The lowest BCUT2D eigenvalue weighted by atomic mass is 10.0. The molecule has 5 rings (SSSR count). The van der Waals surface area contributed by atoms with Gasteiger partial charge in [-0.25, -0.2) is 0 Å². The molecule has 4 unspecified atom stereocenters. The van der Waals surface area contributed by atoms with Crippen LogP contribution in [0.4, 0.5) is 0 Å². The van der Waals surface area contributed by atoms with Crippen LogP contribution in [0.2, 0.25) is 0 Å². The molecule has 4 aliphatic rings. The van der Waals surface area contributed by atoms with E-state index < -0.39 is 6.04 Å². The van der Waals surface area contributed by atoms with Gasteiger partial charge >= 0.3 is 0 Å². The molecule has 7 nitrogen and oxygen atoms in total. The van der Waals surface area contributed by atoms with Crippen molar-refractivity contribution in [2.75, 3.05) is 6.54 Å². The van der Waals surface area contributed by atoms with Crippen molar-refractivity contribution in [1.82, 2.24) is 20.9 Å². The summed E-state index contributed by atoms with van der Waals surface area (Å²) in [5.74, 6) is -0.0267. The predicted molar refractivity (Wildman–Crippen MR) is 97.6 cm³/mol. The fourth-order valence-electron chi connectivity index (χ4n) is 5.16. The molecule has 2 bridgehead atoms. The smallest absolute Gasteiger partial charge is 0.255 e. The molecule has 27 heavy (non-hydrogen) atoms. The Morgan fingerprint density at radius 1 is 1.19 bits per heavy atom. The van der Waals surface area contributed by atoms with Gasteiger partial charge in [0.1, 0.15) is 6.04 Å². The molecule has 3 aliphatic heterocycles. The third kappa shape index (κ3) is 2.85. The minimum Gasteiger partial charge on any atom is -0.322 e. The van der Waals surface area contributed by atoms with E-state index in [1.807, 2.05) is 18.2 Å². The maximum absolute atomic E-state index is 13.1. The molecule has 1 aromatic rings. The van der Waals surface area contributed by atoms with Gasteiger partial charge in [0.15, 0.2) is 0 Å². The van der Waals surface area contributed by atoms with Crippen LogP contribution in [0.15, 0.2) is 18.2 Å². The highest BCUT2D eigenvalue weighted by Gasteiger charge is 2.41. The molecule has 4 atom stereocenters. The number of imide groups is 1. The zero-order chi connectivity index (χ0) is 18.5. The van der Waals surface area contributed by atoms with Gasteiger partial charge in [0, 0.05) is 37.2 Å². The first-order chi connectivity index (χ1) is 13.1. The first-order valence-corrected chi connectivity index (χ1v) is 9.82. The van der Waals surface area contributed by atoms with Gasteiger partial charge in [-0.2, -0.15) is 0 Å². The lowest BCUT2D eigenvalue weighted by Gasteiger charge is -2.29. The first kappa shape index (κ1) is 16.9. The van der Waals surface area contributed by atoms with Crippen LogP contribution in [0, 0.1) is 5.92 Å². The average molecular weight is 368 g/mol. The first-order valence-electron chi connectivity index (χ1n) is 9.82. The van der Waals surface area contributed by atoms with Gasteiger partial charge in [-0.05, 0) is 42.9 Å². The van der Waals surface area contributed by atoms with Crippen molar-refractivity contribution in [3.05, 3.63) is 34.9 Å². The summed E-state index contributed by atoms with van der Waals surface area (Å²) in [5.41, 5.74) is 2.71. The van der Waals surface area contributed by atoms with Crippen LogP contribution in [-0.2, 0) is 22.7 Å². The third-order valence-corrected chi connectivity index (χ3v) is 6.56. The van der Waals surface area contributed by atoms with Crippen molar-refractivity contribution in [1.29, 1.82) is 0 Å². The summed E-state index contributed by atoms with van der Waals surface area (Å²) in [7, 11) is 0. The Bertz CT molecular complexity index is 823. The molecule has 1 aromatic carbocycles. The quantitative estimate of drug-likeness (QED) is 0.665. The van der Waals surface area contributed by atoms with E-state index in [9.17, 15) is 14.4 Å². The Morgan fingerprint density at radius 2 is 2.07 bits per heavy atom. The molecule has 0 radical (unpaired) electrons. The van der Waals surface area contributed by atoms with E-state index >= 15 is 0 Å². The lowest BCUT2D eigenvalue weighted by molar-refractivity contribution is -0.136. The maximum atomic E-state index is 13.1. The number of carbonyl (C=O) groups is 3. The molecule has 1 aliphatic carbocycles. The molecule has 3 N–H and O–H groups in total. The third-order valence-electron chi connectivity index (χ3n) is 6.56. The number of amides is 3. The summed E-state index contributed by atoms with van der Waals surface area (Å²) < 4.78 is 0. The van der Waals surface area contributed by atoms with E-state index in [1.54, 1.807) is 4.90 Å². The Kier molecular flexibility index (Phi) is 4.02. The van der Waals surface area contributed by atoms with Crippen LogP contribution in [0.3, 0.4) is 0 Å². The molecular formula is C20H24N4O3. The largest absolute Gasteiger partial charge is 0.322 e. The van der Waals surface area contributed by atoms with Crippen LogP contribution in [0.1, 0.15) is 47.2 Å². The molecule has 0 aromatic heterocycles. The molecular weight excluding hydrogens is 344 g/mol. The average Bonchev–Trinajstić information content (AvgIpc) is 3.35. The summed E-state index contributed by atoms with van der Waals surface area (Å²) in [5, 5.41) is 9.53. The van der Waals surface area contributed by atoms with Gasteiger partial charge in [0.25, 0.3) is 5.91 Å². The van der Waals surface area contributed by atoms with Crippen molar-refractivity contribution in [2.24, 2.45) is 5.92 Å². The highest BCUT2D eigenvalue weighted by atomic mass is 16.2. The molecule has 3 fully saturated rings. The zero-order valence-electron chi connectivity index (χ0n) is 15.2. The summed E-state index contributed by atoms with van der Waals surface area (Å²) in [6.45, 7) is 2.19. The molecule has 3 amide bonds. The predicted octanol–water partition coefficient (Wildman–Crippen LogP) is 0.288. The Balaban J connectivity index is 1.32. The van der Waals surface area contributed by atoms with Crippen molar-refractivity contribution >= 4 is 17.7 Å². The fourth-order valence-corrected chi connectivity index (χ4v) is 5.16. The Labute approximate surface area is 157 Å². The summed E-state index contributed by atoms with van der Waals surface area (Å²) in [6.07, 6.45) is 3.07. The van der Waals surface area contributed by atoms with E-state index in [0.717, 1.165) is 29.7 Å². The van der Waals surface area contributed by atoms with Gasteiger partial charge < -0.3 is 15.5 Å². The zero-order valence-corrected chi connectivity index (χ0v) is 15.2. The highest BCUT2D eigenvalue weighted by molar-refractivity contribution is 6.05. The number of hydrogen-bond acceptors (Lipinski definition) is 5. The molecule has 3 heterocycles. The number of nitrogens with zero attached hydrogens (tertiary/aromatic N) is 1. The Hall–Kier alpha value is -2.25. The number of carbonyl (C=O) groups excluding carboxylic acids is 3. The monoisotopic (exact) mass is 368 g/mol. The molecule has 1 saturated carbocycles. The second-order valence-corrected chi connectivity index (χ2v) is 8.18. The standard InChI is InChI=1S/C20H24N4O3/c25-17-5-4-16(19(26)23-17)24-10-12-3-1-2-11(18(12)20(24)27)8-22-15-7-14-6-13(15)9-21-14/h1-3,13-16,21-22H,4-10H2,(H,23,25,26). The van der Waals surface area contributed by atoms with Crippen molar-refractivity contribution in [2.45, 2.75) is 56.9 Å². The van der Waals surface area contributed by atoms with E-state index in [1.165, 1.54) is 6.42 Å². The van der Waals surface area contributed by atoms with Gasteiger partial charge in [0.2, 0.25) is 11.8 Å². The van der Waals surface area contributed by atoms with E-state index in [4.69, 9.17) is 0 Å². The molecule has 7 heteroatoms. The summed E-state index contributed by atoms with van der Waals surface area (Å²) in [4.78, 5) is 38.3. The van der Waals surface area contributed by atoms with E-state index in [-0.39, 0.29) is 24.1 Å². The van der Waals surface area contributed by atoms with Crippen molar-refractivity contribution in [3.8, 4) is 0 Å². The number of rotatable bonds is 4. The highest BCUT2D eigenvalue weighted by Crippen LogP contribution is 2.33. The topological polar surface area (TPSA) is 90.5 Å². The summed E-state index contributed by atoms with van der Waals surface area (Å²) in [6, 6.07) is 6.54. The van der Waals surface area contributed by atoms with Crippen LogP contribution in [0.25, 0.3) is 0 Å². The number of fused-ring (bicyclic) bond motifs is 3. The van der Waals surface area contributed by atoms with Crippen LogP contribution < -0.4 is 16.0 Å². The molecule has 2 saturated heterocycles. The van der Waals surface area contributed by atoms with E-state index in [2.05, 4.69) is 16.0 Å². The normalized spacial score (nSPS) is 32.1.